The van der Waals surface area contributed by atoms with Gasteiger partial charge in [-0.2, -0.15) is 0 Å². The number of hydrogen-bond acceptors (Lipinski definition) is 3. The monoisotopic (exact) mass is 358 g/mol. The Morgan fingerprint density at radius 3 is 2.00 bits per heavy atom. The van der Waals surface area contributed by atoms with Crippen molar-refractivity contribution in [1.82, 2.24) is 9.47 Å². The quantitative estimate of drug-likeness (QED) is 0.644. The van der Waals surface area contributed by atoms with E-state index in [0.29, 0.717) is 0 Å². The van der Waals surface area contributed by atoms with E-state index < -0.39 is 0 Å². The molecule has 3 aromatic rings. The van der Waals surface area contributed by atoms with Crippen molar-refractivity contribution in [1.29, 1.82) is 0 Å². The van der Waals surface area contributed by atoms with Gasteiger partial charge in [0, 0.05) is 23.9 Å². The molecule has 0 saturated carbocycles. The van der Waals surface area contributed by atoms with Crippen molar-refractivity contribution in [2.45, 2.75) is 32.4 Å². The Kier molecular flexibility index (Phi) is 5.30. The fraction of sp³-hybridized carbons (Fsp3) is 0.350. The molecule has 0 spiro atoms. The summed E-state index contributed by atoms with van der Waals surface area (Å²) in [6, 6.07) is 16.0. The van der Waals surface area contributed by atoms with Gasteiger partial charge in [-0.05, 0) is 31.9 Å². The van der Waals surface area contributed by atoms with E-state index in [4.69, 9.17) is 4.74 Å². The Hall–Kier alpha value is -2.04. The molecule has 0 amide bonds. The maximum Gasteiger partial charge on any atom is 0.420 e. The zero-order valence-corrected chi connectivity index (χ0v) is 15.2. The summed E-state index contributed by atoms with van der Waals surface area (Å²) in [7, 11) is 0. The van der Waals surface area contributed by atoms with Crippen molar-refractivity contribution in [3.05, 3.63) is 48.5 Å². The first kappa shape index (κ1) is 17.8. The zero-order valence-electron chi connectivity index (χ0n) is 14.4. The van der Waals surface area contributed by atoms with Crippen LogP contribution in [0.1, 0.15) is 26.2 Å². The number of nitrogens with zero attached hydrogens (tertiary/aromatic N) is 2. The van der Waals surface area contributed by atoms with Crippen LogP contribution in [0.3, 0.4) is 0 Å². The number of halogens is 1. The van der Waals surface area contributed by atoms with Crippen LogP contribution in [0.2, 0.25) is 0 Å². The van der Waals surface area contributed by atoms with Crippen LogP contribution in [-0.4, -0.2) is 34.9 Å². The number of carbonyl (C=O) groups is 1. The van der Waals surface area contributed by atoms with Crippen molar-refractivity contribution < 1.29 is 9.53 Å². The smallest absolute Gasteiger partial charge is 0.420 e. The van der Waals surface area contributed by atoms with Crippen molar-refractivity contribution >= 4 is 40.3 Å². The fourth-order valence-corrected chi connectivity index (χ4v) is 3.67. The second-order valence-electron chi connectivity index (χ2n) is 6.45. The van der Waals surface area contributed by atoms with Gasteiger partial charge in [0.2, 0.25) is 0 Å². The highest BCUT2D eigenvalue weighted by atomic mass is 35.5. The standard InChI is InChI=1S/C20H22N2O2.ClH/c1-15(21-13-7-2-8-14-21)24-20(23)22-18-11-5-3-9-16(18)17-10-4-6-12-19(17)22;/h3-6,9-12,15H,2,7-8,13-14H2,1H3;1H. The van der Waals surface area contributed by atoms with E-state index in [1.54, 1.807) is 4.57 Å². The molecular weight excluding hydrogens is 336 g/mol. The Morgan fingerprint density at radius 1 is 0.920 bits per heavy atom. The van der Waals surface area contributed by atoms with E-state index in [0.717, 1.165) is 34.9 Å². The van der Waals surface area contributed by atoms with Gasteiger partial charge in [0.05, 0.1) is 11.0 Å². The maximum atomic E-state index is 12.9. The second kappa shape index (κ2) is 7.46. The summed E-state index contributed by atoms with van der Waals surface area (Å²) in [6.45, 7) is 3.97. The summed E-state index contributed by atoms with van der Waals surface area (Å²) in [5, 5.41) is 2.16. The topological polar surface area (TPSA) is 34.5 Å². The Morgan fingerprint density at radius 2 is 1.44 bits per heavy atom. The van der Waals surface area contributed by atoms with Crippen molar-refractivity contribution in [3.8, 4) is 0 Å². The summed E-state index contributed by atoms with van der Waals surface area (Å²) in [5.41, 5.74) is 1.80. The van der Waals surface area contributed by atoms with Crippen LogP contribution in [0.15, 0.2) is 48.5 Å². The second-order valence-corrected chi connectivity index (χ2v) is 6.45. The Bertz CT molecular complexity index is 830. The first-order chi connectivity index (χ1) is 11.8. The lowest BCUT2D eigenvalue weighted by atomic mass is 10.1. The van der Waals surface area contributed by atoms with Gasteiger partial charge in [-0.3, -0.25) is 4.90 Å². The first-order valence-corrected chi connectivity index (χ1v) is 8.69. The molecule has 0 radical (unpaired) electrons. The molecule has 2 aromatic carbocycles. The van der Waals surface area contributed by atoms with Gasteiger partial charge in [-0.25, -0.2) is 9.36 Å². The number of carbonyl (C=O) groups excluding carboxylic acids is 1. The number of aromatic nitrogens is 1. The molecule has 5 heteroatoms. The number of likely N-dealkylation sites (tertiary alicyclic amines) is 1. The van der Waals surface area contributed by atoms with E-state index in [2.05, 4.69) is 17.0 Å². The molecule has 132 valence electrons. The van der Waals surface area contributed by atoms with Crippen molar-refractivity contribution in [2.24, 2.45) is 0 Å². The average Bonchev–Trinajstić information content (AvgIpc) is 2.97. The minimum atomic E-state index is -0.300. The summed E-state index contributed by atoms with van der Waals surface area (Å²) < 4.78 is 7.50. The van der Waals surface area contributed by atoms with Gasteiger partial charge in [-0.1, -0.05) is 42.8 Å². The number of rotatable bonds is 2. The van der Waals surface area contributed by atoms with Crippen LogP contribution in [0.5, 0.6) is 0 Å². The minimum absolute atomic E-state index is 0. The van der Waals surface area contributed by atoms with Crippen LogP contribution in [-0.2, 0) is 4.74 Å². The average molecular weight is 359 g/mol. The van der Waals surface area contributed by atoms with Gasteiger partial charge >= 0.3 is 6.09 Å². The predicted molar refractivity (Wildman–Crippen MR) is 103 cm³/mol. The molecule has 0 bridgehead atoms. The molecule has 2 heterocycles. The van der Waals surface area contributed by atoms with E-state index >= 15 is 0 Å². The van der Waals surface area contributed by atoms with Gasteiger partial charge in [0.15, 0.2) is 6.23 Å². The molecule has 1 fully saturated rings. The van der Waals surface area contributed by atoms with Crippen LogP contribution in [0.4, 0.5) is 4.79 Å². The van der Waals surface area contributed by atoms with Crippen molar-refractivity contribution in [3.63, 3.8) is 0 Å². The lowest BCUT2D eigenvalue weighted by molar-refractivity contribution is -0.00920. The van der Waals surface area contributed by atoms with E-state index in [1.807, 2.05) is 43.3 Å². The Balaban J connectivity index is 0.00000182. The normalized spacial score (nSPS) is 16.5. The highest BCUT2D eigenvalue weighted by Crippen LogP contribution is 2.29. The third-order valence-electron chi connectivity index (χ3n) is 4.94. The molecule has 1 unspecified atom stereocenters. The largest absolute Gasteiger partial charge is 0.430 e. The van der Waals surface area contributed by atoms with Gasteiger partial charge in [0.1, 0.15) is 0 Å². The van der Waals surface area contributed by atoms with Crippen LogP contribution in [0.25, 0.3) is 21.8 Å². The van der Waals surface area contributed by atoms with Gasteiger partial charge < -0.3 is 4.74 Å². The van der Waals surface area contributed by atoms with Crippen LogP contribution in [0, 0.1) is 0 Å². The molecule has 25 heavy (non-hydrogen) atoms. The van der Waals surface area contributed by atoms with E-state index in [1.165, 1.54) is 19.3 Å². The molecule has 1 aromatic heterocycles. The molecule has 1 saturated heterocycles. The molecule has 4 rings (SSSR count). The number of piperidine rings is 1. The Labute approximate surface area is 153 Å². The van der Waals surface area contributed by atoms with Crippen LogP contribution >= 0.6 is 12.4 Å². The molecular formula is C20H23ClN2O2. The fourth-order valence-electron chi connectivity index (χ4n) is 3.67. The minimum Gasteiger partial charge on any atom is -0.430 e. The number of benzene rings is 2. The highest BCUT2D eigenvalue weighted by Gasteiger charge is 2.23. The first-order valence-electron chi connectivity index (χ1n) is 8.69. The summed E-state index contributed by atoms with van der Waals surface area (Å²) >= 11 is 0. The maximum absolute atomic E-state index is 12.9. The third-order valence-corrected chi connectivity index (χ3v) is 4.94. The number of hydrogen-bond donors (Lipinski definition) is 0. The molecule has 1 aliphatic heterocycles. The summed E-state index contributed by atoms with van der Waals surface area (Å²) in [4.78, 5) is 15.1. The molecule has 0 N–H and O–H groups in total. The third kappa shape index (κ3) is 3.24. The zero-order chi connectivity index (χ0) is 16.5. The molecule has 4 nitrogen and oxygen atoms in total. The van der Waals surface area contributed by atoms with E-state index in [-0.39, 0.29) is 24.7 Å². The number of fused-ring (bicyclic) bond motifs is 3. The van der Waals surface area contributed by atoms with E-state index in [9.17, 15) is 4.79 Å². The molecule has 1 atom stereocenters. The lowest BCUT2D eigenvalue weighted by Crippen LogP contribution is -2.40. The number of ether oxygens (including phenoxy) is 1. The lowest BCUT2D eigenvalue weighted by Gasteiger charge is -2.31. The van der Waals surface area contributed by atoms with Crippen molar-refractivity contribution in [2.75, 3.05) is 13.1 Å². The van der Waals surface area contributed by atoms with Crippen LogP contribution < -0.4 is 0 Å². The van der Waals surface area contributed by atoms with Gasteiger partial charge in [-0.15, -0.1) is 12.4 Å². The number of para-hydroxylation sites is 2. The summed E-state index contributed by atoms with van der Waals surface area (Å²) in [6.07, 6.45) is 3.13. The SMILES string of the molecule is CC(OC(=O)n1c2ccccc2c2ccccc21)N1CCCCC1.Cl. The van der Waals surface area contributed by atoms with Gasteiger partial charge in [0.25, 0.3) is 0 Å². The molecule has 1 aliphatic rings. The molecule has 0 aliphatic carbocycles. The highest BCUT2D eigenvalue weighted by molar-refractivity contribution is 6.12. The summed E-state index contributed by atoms with van der Waals surface area (Å²) in [5.74, 6) is 0. The predicted octanol–water partition coefficient (Wildman–Crippen LogP) is 5.03.